The summed E-state index contributed by atoms with van der Waals surface area (Å²) < 4.78 is 20.6. The standard InChI is InChI=1S/C13H20N2O5S/c1-8(2)9(3)14-13(18)10(21(19)20)6-7-15-11(16)4-5-12(15)17/h4-5,8-10H,6-7H2,1-3H3,(H,14,18)(H,19,20)/t9?,10-/m1/s1. The molecule has 3 amide bonds. The average molecular weight is 316 g/mol. The van der Waals surface area contributed by atoms with E-state index < -0.39 is 34.1 Å². The van der Waals surface area contributed by atoms with Crippen LogP contribution >= 0.6 is 0 Å². The van der Waals surface area contributed by atoms with E-state index in [4.69, 9.17) is 0 Å². The third-order valence-corrected chi connectivity index (χ3v) is 4.36. The molecule has 3 atom stereocenters. The Kier molecular flexibility index (Phi) is 6.22. The van der Waals surface area contributed by atoms with Crippen LogP contribution in [0, 0.1) is 5.92 Å². The van der Waals surface area contributed by atoms with Crippen molar-refractivity contribution >= 4 is 28.8 Å². The minimum Gasteiger partial charge on any atom is -0.352 e. The molecular formula is C13H20N2O5S. The highest BCUT2D eigenvalue weighted by atomic mass is 32.2. The monoisotopic (exact) mass is 316 g/mol. The van der Waals surface area contributed by atoms with Gasteiger partial charge in [-0.15, -0.1) is 0 Å². The van der Waals surface area contributed by atoms with Crippen LogP contribution in [0.5, 0.6) is 0 Å². The Bertz CT molecular complexity index is 471. The van der Waals surface area contributed by atoms with Gasteiger partial charge in [0, 0.05) is 24.7 Å². The molecule has 21 heavy (non-hydrogen) atoms. The molecule has 0 radical (unpaired) electrons. The normalized spacial score (nSPS) is 19.0. The highest BCUT2D eigenvalue weighted by molar-refractivity contribution is 7.80. The summed E-state index contributed by atoms with van der Waals surface area (Å²) in [7, 11) is 0. The lowest BCUT2D eigenvalue weighted by Gasteiger charge is -2.22. The van der Waals surface area contributed by atoms with Gasteiger partial charge in [-0.3, -0.25) is 19.3 Å². The van der Waals surface area contributed by atoms with Gasteiger partial charge in [-0.05, 0) is 19.3 Å². The second-order valence-electron chi connectivity index (χ2n) is 5.26. The third kappa shape index (κ3) is 4.75. The van der Waals surface area contributed by atoms with Gasteiger partial charge >= 0.3 is 0 Å². The van der Waals surface area contributed by atoms with E-state index in [2.05, 4.69) is 5.32 Å². The Morgan fingerprint density at radius 1 is 1.29 bits per heavy atom. The molecule has 7 nitrogen and oxygen atoms in total. The van der Waals surface area contributed by atoms with Crippen LogP contribution in [0.4, 0.5) is 0 Å². The van der Waals surface area contributed by atoms with Gasteiger partial charge in [0.25, 0.3) is 11.8 Å². The number of amides is 3. The number of nitrogens with zero attached hydrogens (tertiary/aromatic N) is 1. The van der Waals surface area contributed by atoms with E-state index in [0.29, 0.717) is 0 Å². The van der Waals surface area contributed by atoms with Gasteiger partial charge in [0.05, 0.1) is 0 Å². The maximum absolute atomic E-state index is 12.0. The van der Waals surface area contributed by atoms with Gasteiger partial charge in [-0.25, -0.2) is 4.21 Å². The zero-order valence-electron chi connectivity index (χ0n) is 12.2. The molecular weight excluding hydrogens is 296 g/mol. The van der Waals surface area contributed by atoms with Crippen molar-refractivity contribution in [3.8, 4) is 0 Å². The first-order valence-corrected chi connectivity index (χ1v) is 7.84. The van der Waals surface area contributed by atoms with Gasteiger partial charge in [0.15, 0.2) is 11.1 Å². The van der Waals surface area contributed by atoms with Gasteiger partial charge in [-0.2, -0.15) is 0 Å². The molecule has 0 aromatic heterocycles. The molecule has 8 heteroatoms. The molecule has 118 valence electrons. The van der Waals surface area contributed by atoms with E-state index >= 15 is 0 Å². The first-order chi connectivity index (χ1) is 9.73. The van der Waals surface area contributed by atoms with Crippen molar-refractivity contribution in [2.24, 2.45) is 5.92 Å². The fraction of sp³-hybridized carbons (Fsp3) is 0.615. The Morgan fingerprint density at radius 3 is 2.24 bits per heavy atom. The summed E-state index contributed by atoms with van der Waals surface area (Å²) in [5.74, 6) is -1.31. The van der Waals surface area contributed by atoms with Crippen molar-refractivity contribution in [3.05, 3.63) is 12.2 Å². The van der Waals surface area contributed by atoms with Crippen molar-refractivity contribution in [2.45, 2.75) is 38.5 Å². The molecule has 2 N–H and O–H groups in total. The number of carbonyl (C=O) groups is 3. The molecule has 0 bridgehead atoms. The highest BCUT2D eigenvalue weighted by Gasteiger charge is 2.30. The molecule has 0 aromatic rings. The predicted molar refractivity (Wildman–Crippen MR) is 77.5 cm³/mol. The molecule has 1 heterocycles. The molecule has 0 saturated heterocycles. The first kappa shape index (κ1) is 17.5. The molecule has 0 aliphatic carbocycles. The van der Waals surface area contributed by atoms with E-state index in [1.807, 2.05) is 13.8 Å². The molecule has 1 aliphatic rings. The van der Waals surface area contributed by atoms with Gasteiger partial charge in [-0.1, -0.05) is 13.8 Å². The highest BCUT2D eigenvalue weighted by Crippen LogP contribution is 2.10. The minimum atomic E-state index is -2.37. The van der Waals surface area contributed by atoms with Crippen molar-refractivity contribution in [1.29, 1.82) is 0 Å². The Morgan fingerprint density at radius 2 is 1.81 bits per heavy atom. The van der Waals surface area contributed by atoms with Crippen LogP contribution in [0.25, 0.3) is 0 Å². The summed E-state index contributed by atoms with van der Waals surface area (Å²) in [5.41, 5.74) is 0. The number of carbonyl (C=O) groups excluding carboxylic acids is 3. The average Bonchev–Trinajstić information content (AvgIpc) is 2.69. The Hall–Kier alpha value is -1.54. The third-order valence-electron chi connectivity index (χ3n) is 3.42. The van der Waals surface area contributed by atoms with Crippen molar-refractivity contribution in [1.82, 2.24) is 10.2 Å². The zero-order valence-corrected chi connectivity index (χ0v) is 13.1. The topological polar surface area (TPSA) is 104 Å². The molecule has 2 unspecified atom stereocenters. The summed E-state index contributed by atoms with van der Waals surface area (Å²) >= 11 is -2.37. The molecule has 0 spiro atoms. The number of hydrogen-bond donors (Lipinski definition) is 2. The van der Waals surface area contributed by atoms with Crippen LogP contribution in [-0.2, 0) is 25.5 Å². The number of imide groups is 1. The summed E-state index contributed by atoms with van der Waals surface area (Å²) in [6, 6.07) is -0.139. The van der Waals surface area contributed by atoms with E-state index in [-0.39, 0.29) is 24.9 Å². The maximum Gasteiger partial charge on any atom is 0.253 e. The maximum atomic E-state index is 12.0. The smallest absolute Gasteiger partial charge is 0.253 e. The van der Waals surface area contributed by atoms with Gasteiger partial charge in [0.1, 0.15) is 5.25 Å². The molecule has 0 aromatic carbocycles. The lowest BCUT2D eigenvalue weighted by Crippen LogP contribution is -2.45. The van der Waals surface area contributed by atoms with Crippen LogP contribution < -0.4 is 5.32 Å². The number of nitrogens with one attached hydrogen (secondary N) is 1. The fourth-order valence-corrected chi connectivity index (χ4v) is 2.26. The fourth-order valence-electron chi connectivity index (χ4n) is 1.71. The second-order valence-corrected chi connectivity index (χ2v) is 6.38. The largest absolute Gasteiger partial charge is 0.352 e. The SMILES string of the molecule is CC(C)C(C)NC(=O)[C@@H](CCN1C(=O)C=CC1=O)S(=O)O. The summed E-state index contributed by atoms with van der Waals surface area (Å²) in [5, 5.41) is 1.49. The molecule has 0 saturated carbocycles. The zero-order chi connectivity index (χ0) is 16.2. The summed E-state index contributed by atoms with van der Waals surface area (Å²) in [6.45, 7) is 5.58. The van der Waals surface area contributed by atoms with E-state index in [1.54, 1.807) is 6.92 Å². The van der Waals surface area contributed by atoms with E-state index in [9.17, 15) is 23.1 Å². The van der Waals surface area contributed by atoms with Crippen LogP contribution in [0.3, 0.4) is 0 Å². The predicted octanol–water partition coefficient (Wildman–Crippen LogP) is 0.0525. The van der Waals surface area contributed by atoms with Crippen LogP contribution in [0.15, 0.2) is 12.2 Å². The number of rotatable bonds is 7. The quantitative estimate of drug-likeness (QED) is 0.510. The molecule has 1 aliphatic heterocycles. The lowest BCUT2D eigenvalue weighted by atomic mass is 10.1. The Balaban J connectivity index is 2.62. The molecule has 1 rings (SSSR count). The van der Waals surface area contributed by atoms with E-state index in [1.165, 1.54) is 0 Å². The Labute approximate surface area is 126 Å². The lowest BCUT2D eigenvalue weighted by molar-refractivity contribution is -0.137. The first-order valence-electron chi connectivity index (χ1n) is 6.67. The van der Waals surface area contributed by atoms with Crippen molar-refractivity contribution < 1.29 is 23.1 Å². The van der Waals surface area contributed by atoms with Crippen LogP contribution in [0.1, 0.15) is 27.2 Å². The molecule has 0 fully saturated rings. The van der Waals surface area contributed by atoms with Crippen LogP contribution in [-0.4, -0.2) is 49.2 Å². The van der Waals surface area contributed by atoms with Crippen molar-refractivity contribution in [3.63, 3.8) is 0 Å². The van der Waals surface area contributed by atoms with E-state index in [0.717, 1.165) is 17.1 Å². The number of hydrogen-bond acceptors (Lipinski definition) is 4. The van der Waals surface area contributed by atoms with Gasteiger partial charge < -0.3 is 9.87 Å². The summed E-state index contributed by atoms with van der Waals surface area (Å²) in [4.78, 5) is 35.7. The van der Waals surface area contributed by atoms with Crippen LogP contribution in [0.2, 0.25) is 0 Å². The summed E-state index contributed by atoms with van der Waals surface area (Å²) in [6.07, 6.45) is 2.21. The minimum absolute atomic E-state index is 0.0566. The second kappa shape index (κ2) is 7.46. The van der Waals surface area contributed by atoms with Gasteiger partial charge in [0.2, 0.25) is 5.91 Å². The van der Waals surface area contributed by atoms with Crippen molar-refractivity contribution in [2.75, 3.05) is 6.54 Å².